The van der Waals surface area contributed by atoms with Crippen molar-refractivity contribution in [3.8, 4) is 5.82 Å². The van der Waals surface area contributed by atoms with Crippen LogP contribution in [0.25, 0.3) is 5.82 Å². The van der Waals surface area contributed by atoms with Gasteiger partial charge in [0.1, 0.15) is 5.82 Å². The molecule has 1 aromatic carbocycles. The summed E-state index contributed by atoms with van der Waals surface area (Å²) in [5.74, 6) is 0.957. The van der Waals surface area contributed by atoms with Crippen LogP contribution in [0.4, 0.5) is 11.4 Å². The van der Waals surface area contributed by atoms with Crippen LogP contribution in [-0.2, 0) is 0 Å². The Balaban J connectivity index is 1.67. The van der Waals surface area contributed by atoms with Gasteiger partial charge in [0, 0.05) is 49.3 Å². The first-order chi connectivity index (χ1) is 16.9. The van der Waals surface area contributed by atoms with Crippen LogP contribution in [0.2, 0.25) is 0 Å². The Hall–Kier alpha value is -3.71. The molecule has 4 aromatic rings. The third-order valence-electron chi connectivity index (χ3n) is 6.72. The fraction of sp³-hybridized carbons (Fsp3) is 0.250. The molecule has 1 aliphatic heterocycles. The van der Waals surface area contributed by atoms with E-state index in [2.05, 4.69) is 82.9 Å². The number of hydrogen-bond donors (Lipinski definition) is 1. The first-order valence-corrected chi connectivity index (χ1v) is 12.2. The highest BCUT2D eigenvalue weighted by Gasteiger charge is 2.42. The van der Waals surface area contributed by atoms with E-state index in [1.165, 1.54) is 5.56 Å². The number of rotatable bonds is 5. The number of hydrogen-bond acceptors (Lipinski definition) is 4. The van der Waals surface area contributed by atoms with E-state index in [-0.39, 0.29) is 12.1 Å². The lowest BCUT2D eigenvalue weighted by Crippen LogP contribution is -2.29. The van der Waals surface area contributed by atoms with E-state index in [0.29, 0.717) is 5.11 Å². The molecule has 178 valence electrons. The molecule has 2 atom stereocenters. The van der Waals surface area contributed by atoms with E-state index >= 15 is 0 Å². The van der Waals surface area contributed by atoms with E-state index in [9.17, 15) is 0 Å². The predicted molar refractivity (Wildman–Crippen MR) is 146 cm³/mol. The second-order valence-electron chi connectivity index (χ2n) is 9.21. The fourth-order valence-corrected chi connectivity index (χ4v) is 5.33. The quantitative estimate of drug-likeness (QED) is 0.383. The highest BCUT2D eigenvalue weighted by atomic mass is 32.1. The molecule has 3 aromatic heterocycles. The maximum Gasteiger partial charge on any atom is 0.174 e. The normalized spacial score (nSPS) is 17.5. The Morgan fingerprint density at radius 3 is 2.31 bits per heavy atom. The molecule has 0 radical (unpaired) electrons. The Labute approximate surface area is 212 Å². The van der Waals surface area contributed by atoms with Gasteiger partial charge in [-0.25, -0.2) is 4.98 Å². The van der Waals surface area contributed by atoms with Gasteiger partial charge in [-0.2, -0.15) is 0 Å². The molecule has 4 heterocycles. The lowest BCUT2D eigenvalue weighted by molar-refractivity contribution is 0.565. The lowest BCUT2D eigenvalue weighted by Gasteiger charge is -2.28. The van der Waals surface area contributed by atoms with Gasteiger partial charge in [-0.15, -0.1) is 0 Å². The van der Waals surface area contributed by atoms with Crippen LogP contribution in [0.15, 0.2) is 73.1 Å². The highest BCUT2D eigenvalue weighted by Crippen LogP contribution is 2.44. The molecule has 0 saturated carbocycles. The first-order valence-electron chi connectivity index (χ1n) is 11.8. The number of thiocarbonyl (C=S) groups is 1. The molecule has 1 saturated heterocycles. The molecule has 0 bridgehead atoms. The molecule has 1 aliphatic rings. The van der Waals surface area contributed by atoms with Gasteiger partial charge in [0.05, 0.1) is 17.8 Å². The number of pyridine rings is 2. The SMILES string of the molecule is Cc1cccnc1-n1c(C)cc([C@H]2[C@@H](c3ccccn3)NC(=S)N2c2ccc(N(C)C)cc2)c1C. The zero-order valence-corrected chi connectivity index (χ0v) is 21.5. The van der Waals surface area contributed by atoms with E-state index in [0.717, 1.165) is 39.8 Å². The van der Waals surface area contributed by atoms with Crippen molar-refractivity contribution in [3.05, 3.63) is 101 Å². The zero-order valence-electron chi connectivity index (χ0n) is 20.7. The van der Waals surface area contributed by atoms with Gasteiger partial charge >= 0.3 is 0 Å². The zero-order chi connectivity index (χ0) is 24.7. The van der Waals surface area contributed by atoms with Crippen molar-refractivity contribution in [3.63, 3.8) is 0 Å². The summed E-state index contributed by atoms with van der Waals surface area (Å²) in [6, 6.07) is 20.8. The van der Waals surface area contributed by atoms with Crippen molar-refractivity contribution in [1.82, 2.24) is 19.9 Å². The summed E-state index contributed by atoms with van der Waals surface area (Å²) in [6.07, 6.45) is 3.69. The molecule has 0 spiro atoms. The van der Waals surface area contributed by atoms with Crippen LogP contribution in [-0.4, -0.2) is 33.7 Å². The van der Waals surface area contributed by atoms with E-state index in [4.69, 9.17) is 22.2 Å². The Bertz CT molecular complexity index is 1360. The van der Waals surface area contributed by atoms with Gasteiger partial charge in [-0.3, -0.25) is 4.98 Å². The number of nitrogens with one attached hydrogen (secondary N) is 1. The molecule has 0 aliphatic carbocycles. The third kappa shape index (κ3) is 4.06. The Kier molecular flexibility index (Phi) is 6.03. The molecule has 7 heteroatoms. The van der Waals surface area contributed by atoms with Crippen molar-refractivity contribution in [2.24, 2.45) is 0 Å². The van der Waals surface area contributed by atoms with Gasteiger partial charge in [-0.1, -0.05) is 12.1 Å². The van der Waals surface area contributed by atoms with Crippen molar-refractivity contribution in [2.75, 3.05) is 23.9 Å². The van der Waals surface area contributed by atoms with Crippen molar-refractivity contribution in [1.29, 1.82) is 0 Å². The molecule has 5 rings (SSSR count). The summed E-state index contributed by atoms with van der Waals surface area (Å²) in [7, 11) is 4.09. The van der Waals surface area contributed by atoms with Crippen molar-refractivity contribution in [2.45, 2.75) is 32.9 Å². The standard InChI is InChI=1S/C28H30N6S/c1-18-9-8-16-30-27(18)33-19(2)17-23(20(33)3)26-25(24-10-6-7-15-29-24)31-28(35)34(26)22-13-11-21(12-14-22)32(4)5/h6-17,25-26H,1-5H3,(H,31,35)/t25-,26+/m1/s1. The fourth-order valence-electron chi connectivity index (χ4n) is 4.98. The van der Waals surface area contributed by atoms with Gasteiger partial charge < -0.3 is 19.7 Å². The van der Waals surface area contributed by atoms with E-state index < -0.39 is 0 Å². The molecule has 1 N–H and O–H groups in total. The lowest BCUT2D eigenvalue weighted by atomic mass is 9.96. The molecule has 0 amide bonds. The third-order valence-corrected chi connectivity index (χ3v) is 7.04. The highest BCUT2D eigenvalue weighted by molar-refractivity contribution is 7.80. The second-order valence-corrected chi connectivity index (χ2v) is 9.60. The summed E-state index contributed by atoms with van der Waals surface area (Å²) in [6.45, 7) is 6.40. The maximum absolute atomic E-state index is 5.92. The number of aromatic nitrogens is 3. The largest absolute Gasteiger partial charge is 0.378 e. The minimum absolute atomic E-state index is 0.0634. The number of aryl methyl sites for hydroxylation is 2. The van der Waals surface area contributed by atoms with Crippen LogP contribution in [0.5, 0.6) is 0 Å². The molecular formula is C28H30N6S. The smallest absolute Gasteiger partial charge is 0.174 e. The van der Waals surface area contributed by atoms with Gasteiger partial charge in [0.2, 0.25) is 0 Å². The summed E-state index contributed by atoms with van der Waals surface area (Å²) < 4.78 is 2.24. The molecule has 0 unspecified atom stereocenters. The first kappa shape index (κ1) is 23.1. The topological polar surface area (TPSA) is 49.2 Å². The minimum atomic E-state index is -0.0870. The average Bonchev–Trinajstić information content (AvgIpc) is 3.35. The van der Waals surface area contributed by atoms with Gasteiger partial charge in [-0.05, 0) is 92.6 Å². The molecule has 6 nitrogen and oxygen atoms in total. The van der Waals surface area contributed by atoms with Gasteiger partial charge in [0.15, 0.2) is 5.11 Å². The van der Waals surface area contributed by atoms with Crippen LogP contribution in [0.1, 0.15) is 40.3 Å². The Morgan fingerprint density at radius 1 is 0.914 bits per heavy atom. The van der Waals surface area contributed by atoms with E-state index in [1.807, 2.05) is 44.7 Å². The summed E-state index contributed by atoms with van der Waals surface area (Å²) >= 11 is 5.92. The van der Waals surface area contributed by atoms with Crippen LogP contribution in [0.3, 0.4) is 0 Å². The van der Waals surface area contributed by atoms with Crippen molar-refractivity contribution >= 4 is 28.7 Å². The average molecular weight is 483 g/mol. The summed E-state index contributed by atoms with van der Waals surface area (Å²) in [5, 5.41) is 4.27. The molecule has 35 heavy (non-hydrogen) atoms. The summed E-state index contributed by atoms with van der Waals surface area (Å²) in [5.41, 5.74) is 7.79. The maximum atomic E-state index is 5.92. The van der Waals surface area contributed by atoms with Gasteiger partial charge in [0.25, 0.3) is 0 Å². The molecular weight excluding hydrogens is 452 g/mol. The predicted octanol–water partition coefficient (Wildman–Crippen LogP) is 5.44. The van der Waals surface area contributed by atoms with Crippen LogP contribution >= 0.6 is 12.2 Å². The van der Waals surface area contributed by atoms with Crippen LogP contribution in [0, 0.1) is 20.8 Å². The van der Waals surface area contributed by atoms with Crippen molar-refractivity contribution < 1.29 is 0 Å². The number of benzene rings is 1. The minimum Gasteiger partial charge on any atom is -0.378 e. The van der Waals surface area contributed by atoms with Crippen LogP contribution < -0.4 is 15.1 Å². The monoisotopic (exact) mass is 482 g/mol. The molecule has 1 fully saturated rings. The Morgan fingerprint density at radius 2 is 1.66 bits per heavy atom. The second kappa shape index (κ2) is 9.15. The van der Waals surface area contributed by atoms with E-state index in [1.54, 1.807) is 0 Å². The number of anilines is 2. The summed E-state index contributed by atoms with van der Waals surface area (Å²) in [4.78, 5) is 13.7. The number of nitrogens with zero attached hydrogens (tertiary/aromatic N) is 5.